The highest BCUT2D eigenvalue weighted by Gasteiger charge is 2.33. The molecule has 0 aliphatic carbocycles. The first kappa shape index (κ1) is 14.1. The van der Waals surface area contributed by atoms with E-state index in [1.165, 1.54) is 0 Å². The Morgan fingerprint density at radius 3 is 2.71 bits per heavy atom. The highest BCUT2D eigenvalue weighted by Crippen LogP contribution is 2.29. The van der Waals surface area contributed by atoms with Gasteiger partial charge in [-0.2, -0.15) is 5.10 Å². The lowest BCUT2D eigenvalue weighted by molar-refractivity contribution is -0.119. The summed E-state index contributed by atoms with van der Waals surface area (Å²) < 4.78 is 0. The Morgan fingerprint density at radius 1 is 1.38 bits per heavy atom. The molecule has 2 fully saturated rings. The fraction of sp³-hybridized carbons (Fsp3) is 0.643. The van der Waals surface area contributed by atoms with E-state index >= 15 is 0 Å². The number of nitrogens with two attached hydrogens (primary N) is 1. The molecule has 21 heavy (non-hydrogen) atoms. The second-order valence-corrected chi connectivity index (χ2v) is 5.88. The molecule has 0 radical (unpaired) electrons. The van der Waals surface area contributed by atoms with Gasteiger partial charge in [0.25, 0.3) is 5.91 Å². The second kappa shape index (κ2) is 5.85. The number of nitrogens with zero attached hydrogens (tertiary/aromatic N) is 2. The first-order valence-corrected chi connectivity index (χ1v) is 7.47. The van der Waals surface area contributed by atoms with Crippen molar-refractivity contribution < 1.29 is 9.59 Å². The normalized spacial score (nSPS) is 23.4. The van der Waals surface area contributed by atoms with Gasteiger partial charge in [0.05, 0.1) is 0 Å². The number of likely N-dealkylation sites (tertiary alicyclic amines) is 1. The molecule has 1 aromatic rings. The quantitative estimate of drug-likeness (QED) is 0.720. The summed E-state index contributed by atoms with van der Waals surface area (Å²) in [5.74, 6) is 1.09. The molecule has 114 valence electrons. The van der Waals surface area contributed by atoms with Crippen LogP contribution in [0.2, 0.25) is 0 Å². The maximum atomic E-state index is 12.3. The summed E-state index contributed by atoms with van der Waals surface area (Å²) in [7, 11) is 0. The van der Waals surface area contributed by atoms with Gasteiger partial charge >= 0.3 is 0 Å². The predicted octanol–water partition coefficient (Wildman–Crippen LogP) is -0.143. The number of nitrogens with one attached hydrogen (secondary N) is 2. The van der Waals surface area contributed by atoms with Crippen LogP contribution in [0.1, 0.15) is 35.4 Å². The standard InChI is InChI=1S/C14H21N5O2/c15-7-11-6-12(18-17-11)14(21)19-3-1-9(2-4-19)10-5-13(20)16-8-10/h6,9-10H,1-5,7-8,15H2,(H,16,20)(H,17,18). The van der Waals surface area contributed by atoms with Crippen molar-refractivity contribution in [2.24, 2.45) is 17.6 Å². The molecule has 1 unspecified atom stereocenters. The molecule has 4 N–H and O–H groups in total. The number of carbonyl (C=O) groups excluding carboxylic acids is 2. The average Bonchev–Trinajstić information content (AvgIpc) is 3.15. The second-order valence-electron chi connectivity index (χ2n) is 5.88. The number of aromatic amines is 1. The van der Waals surface area contributed by atoms with Crippen LogP contribution in [-0.4, -0.2) is 46.5 Å². The summed E-state index contributed by atoms with van der Waals surface area (Å²) in [4.78, 5) is 25.5. The van der Waals surface area contributed by atoms with Crippen LogP contribution in [0, 0.1) is 11.8 Å². The zero-order valence-corrected chi connectivity index (χ0v) is 12.0. The summed E-state index contributed by atoms with van der Waals surface area (Å²) >= 11 is 0. The molecule has 7 heteroatoms. The largest absolute Gasteiger partial charge is 0.356 e. The molecule has 3 heterocycles. The zero-order valence-electron chi connectivity index (χ0n) is 12.0. The lowest BCUT2D eigenvalue weighted by Crippen LogP contribution is -2.40. The lowest BCUT2D eigenvalue weighted by atomic mass is 9.83. The highest BCUT2D eigenvalue weighted by atomic mass is 16.2. The minimum Gasteiger partial charge on any atom is -0.356 e. The highest BCUT2D eigenvalue weighted by molar-refractivity contribution is 5.92. The van der Waals surface area contributed by atoms with E-state index in [1.807, 2.05) is 4.90 Å². The van der Waals surface area contributed by atoms with Crippen molar-refractivity contribution in [2.75, 3.05) is 19.6 Å². The molecule has 0 saturated carbocycles. The van der Waals surface area contributed by atoms with Crippen molar-refractivity contribution >= 4 is 11.8 Å². The van der Waals surface area contributed by atoms with Crippen LogP contribution in [0.5, 0.6) is 0 Å². The molecule has 0 bridgehead atoms. The van der Waals surface area contributed by atoms with E-state index in [0.29, 0.717) is 30.5 Å². The van der Waals surface area contributed by atoms with Gasteiger partial charge in [0.2, 0.25) is 5.91 Å². The van der Waals surface area contributed by atoms with Crippen molar-refractivity contribution in [2.45, 2.75) is 25.8 Å². The Balaban J connectivity index is 1.55. The van der Waals surface area contributed by atoms with E-state index < -0.39 is 0 Å². The maximum absolute atomic E-state index is 12.3. The van der Waals surface area contributed by atoms with E-state index in [2.05, 4.69) is 15.5 Å². The monoisotopic (exact) mass is 291 g/mol. The van der Waals surface area contributed by atoms with Crippen molar-refractivity contribution in [1.29, 1.82) is 0 Å². The minimum atomic E-state index is -0.0370. The number of H-pyrrole nitrogens is 1. The number of carbonyl (C=O) groups is 2. The van der Waals surface area contributed by atoms with Crippen LogP contribution in [0.25, 0.3) is 0 Å². The molecule has 3 rings (SSSR count). The van der Waals surface area contributed by atoms with Crippen molar-refractivity contribution in [3.8, 4) is 0 Å². The van der Waals surface area contributed by atoms with Crippen molar-refractivity contribution in [3.05, 3.63) is 17.5 Å². The lowest BCUT2D eigenvalue weighted by Gasteiger charge is -2.34. The van der Waals surface area contributed by atoms with Gasteiger partial charge in [-0.1, -0.05) is 0 Å². The number of hydrogen-bond acceptors (Lipinski definition) is 4. The summed E-state index contributed by atoms with van der Waals surface area (Å²) in [6.07, 6.45) is 2.55. The number of hydrogen-bond donors (Lipinski definition) is 3. The van der Waals surface area contributed by atoms with Crippen LogP contribution in [0.3, 0.4) is 0 Å². The Morgan fingerprint density at radius 2 is 2.14 bits per heavy atom. The van der Waals surface area contributed by atoms with Gasteiger partial charge in [0.15, 0.2) is 0 Å². The van der Waals surface area contributed by atoms with Gasteiger partial charge in [0.1, 0.15) is 5.69 Å². The molecule has 0 spiro atoms. The van der Waals surface area contributed by atoms with Crippen molar-refractivity contribution in [1.82, 2.24) is 20.4 Å². The molecule has 1 atom stereocenters. The molecule has 2 aliphatic rings. The molecule has 2 amide bonds. The summed E-state index contributed by atoms with van der Waals surface area (Å²) in [6, 6.07) is 1.72. The van der Waals surface area contributed by atoms with Gasteiger partial charge in [-0.25, -0.2) is 0 Å². The zero-order chi connectivity index (χ0) is 14.8. The fourth-order valence-corrected chi connectivity index (χ4v) is 3.27. The van der Waals surface area contributed by atoms with Gasteiger partial charge in [-0.3, -0.25) is 14.7 Å². The summed E-state index contributed by atoms with van der Waals surface area (Å²) in [5.41, 5.74) is 6.72. The molecular weight excluding hydrogens is 270 g/mol. The minimum absolute atomic E-state index is 0.0370. The first-order chi connectivity index (χ1) is 10.2. The van der Waals surface area contributed by atoms with E-state index in [1.54, 1.807) is 6.07 Å². The topological polar surface area (TPSA) is 104 Å². The summed E-state index contributed by atoms with van der Waals surface area (Å²) in [6.45, 7) is 2.61. The molecule has 2 aliphatic heterocycles. The predicted molar refractivity (Wildman–Crippen MR) is 76.2 cm³/mol. The van der Waals surface area contributed by atoms with E-state index in [-0.39, 0.29) is 11.8 Å². The van der Waals surface area contributed by atoms with Crippen LogP contribution in [-0.2, 0) is 11.3 Å². The maximum Gasteiger partial charge on any atom is 0.274 e. The van der Waals surface area contributed by atoms with E-state index in [4.69, 9.17) is 5.73 Å². The Hall–Kier alpha value is -1.89. The van der Waals surface area contributed by atoms with Crippen LogP contribution >= 0.6 is 0 Å². The molecule has 7 nitrogen and oxygen atoms in total. The third-order valence-electron chi connectivity index (χ3n) is 4.57. The number of amides is 2. The third kappa shape index (κ3) is 2.92. The molecule has 1 aromatic heterocycles. The molecule has 0 aromatic carbocycles. The number of rotatable bonds is 3. The van der Waals surface area contributed by atoms with Crippen molar-refractivity contribution in [3.63, 3.8) is 0 Å². The summed E-state index contributed by atoms with van der Waals surface area (Å²) in [5, 5.41) is 9.67. The molecule has 2 saturated heterocycles. The van der Waals surface area contributed by atoms with E-state index in [9.17, 15) is 9.59 Å². The van der Waals surface area contributed by atoms with Gasteiger partial charge in [-0.05, 0) is 30.7 Å². The smallest absolute Gasteiger partial charge is 0.274 e. The van der Waals surface area contributed by atoms with E-state index in [0.717, 1.165) is 38.2 Å². The van der Waals surface area contributed by atoms with Crippen LogP contribution in [0.4, 0.5) is 0 Å². The molecular formula is C14H21N5O2. The van der Waals surface area contributed by atoms with Crippen LogP contribution in [0.15, 0.2) is 6.07 Å². The Kier molecular flexibility index (Phi) is 3.92. The van der Waals surface area contributed by atoms with Gasteiger partial charge in [-0.15, -0.1) is 0 Å². The third-order valence-corrected chi connectivity index (χ3v) is 4.57. The fourth-order valence-electron chi connectivity index (χ4n) is 3.27. The number of piperidine rings is 1. The first-order valence-electron chi connectivity index (χ1n) is 7.47. The SMILES string of the molecule is NCc1cc(C(=O)N2CCC(C3CNC(=O)C3)CC2)n[nH]1. The number of aromatic nitrogens is 2. The Labute approximate surface area is 123 Å². The average molecular weight is 291 g/mol. The Bertz CT molecular complexity index is 533. The van der Waals surface area contributed by atoms with Crippen LogP contribution < -0.4 is 11.1 Å². The van der Waals surface area contributed by atoms with Gasteiger partial charge < -0.3 is 16.0 Å². The van der Waals surface area contributed by atoms with Gasteiger partial charge in [0, 0.05) is 38.3 Å².